The molecule has 1 aliphatic heterocycles. The van der Waals surface area contributed by atoms with Gasteiger partial charge in [0, 0.05) is 12.6 Å². The first-order valence-corrected chi connectivity index (χ1v) is 5.18. The number of rotatable bonds is 3. The Hall–Kier alpha value is -0.630. The van der Waals surface area contributed by atoms with E-state index in [-0.39, 0.29) is 12.1 Å². The Kier molecular flexibility index (Phi) is 2.73. The Morgan fingerprint density at radius 2 is 2.43 bits per heavy atom. The van der Waals surface area contributed by atoms with Gasteiger partial charge in [0.1, 0.15) is 0 Å². The van der Waals surface area contributed by atoms with Crippen molar-refractivity contribution < 1.29 is 4.74 Å². The minimum atomic E-state index is 0.252. The zero-order valence-corrected chi connectivity index (χ0v) is 8.52. The minimum Gasteiger partial charge on any atom is -0.375 e. The van der Waals surface area contributed by atoms with E-state index in [2.05, 4.69) is 18.0 Å². The quantitative estimate of drug-likeness (QED) is 0.641. The monoisotopic (exact) mass is 195 g/mol. The summed E-state index contributed by atoms with van der Waals surface area (Å²) in [7, 11) is 2.10. The number of fused-ring (bicyclic) bond motifs is 2. The number of nitriles is 1. The molecule has 2 bridgehead atoms. The number of hydrogen-bond acceptors (Lipinski definition) is 4. The van der Waals surface area contributed by atoms with E-state index in [0.717, 1.165) is 13.0 Å². The number of piperidine rings is 1. The summed E-state index contributed by atoms with van der Waals surface area (Å²) in [6.45, 7) is 1.65. The molecule has 1 saturated heterocycles. The summed E-state index contributed by atoms with van der Waals surface area (Å²) in [6.07, 6.45) is 1.80. The van der Waals surface area contributed by atoms with Crippen molar-refractivity contribution in [2.45, 2.75) is 31.0 Å². The highest BCUT2D eigenvalue weighted by molar-refractivity contribution is 5.06. The molecule has 2 N–H and O–H groups in total. The molecule has 4 heteroatoms. The van der Waals surface area contributed by atoms with Crippen LogP contribution in [0.15, 0.2) is 0 Å². The molecule has 0 spiro atoms. The SMILES string of the molecule is CN1CC2CC(OCCC#N)C1C2N. The van der Waals surface area contributed by atoms with Gasteiger partial charge >= 0.3 is 0 Å². The Bertz CT molecular complexity index is 250. The summed E-state index contributed by atoms with van der Waals surface area (Å²) < 4.78 is 5.67. The van der Waals surface area contributed by atoms with Gasteiger partial charge in [0.05, 0.1) is 31.2 Å². The molecule has 0 aromatic rings. The van der Waals surface area contributed by atoms with Crippen LogP contribution in [0.1, 0.15) is 12.8 Å². The molecule has 4 unspecified atom stereocenters. The van der Waals surface area contributed by atoms with Gasteiger partial charge in [-0.05, 0) is 19.4 Å². The van der Waals surface area contributed by atoms with E-state index in [1.807, 2.05) is 0 Å². The zero-order valence-electron chi connectivity index (χ0n) is 8.52. The lowest BCUT2D eigenvalue weighted by Crippen LogP contribution is -2.44. The number of nitrogens with zero attached hydrogens (tertiary/aromatic N) is 2. The maximum Gasteiger partial charge on any atom is 0.0749 e. The summed E-state index contributed by atoms with van der Waals surface area (Å²) in [5, 5.41) is 8.41. The van der Waals surface area contributed by atoms with Crippen molar-refractivity contribution in [2.24, 2.45) is 11.7 Å². The predicted molar refractivity (Wildman–Crippen MR) is 52.5 cm³/mol. The van der Waals surface area contributed by atoms with Crippen molar-refractivity contribution in [3.8, 4) is 6.07 Å². The molecular weight excluding hydrogens is 178 g/mol. The third-order valence-corrected chi connectivity index (χ3v) is 3.43. The van der Waals surface area contributed by atoms with Crippen LogP contribution in [-0.2, 0) is 4.74 Å². The average Bonchev–Trinajstić information content (AvgIpc) is 2.58. The van der Waals surface area contributed by atoms with Crippen LogP contribution in [0.5, 0.6) is 0 Å². The van der Waals surface area contributed by atoms with E-state index in [1.165, 1.54) is 0 Å². The van der Waals surface area contributed by atoms with E-state index in [0.29, 0.717) is 25.0 Å². The van der Waals surface area contributed by atoms with Gasteiger partial charge in [0.15, 0.2) is 0 Å². The van der Waals surface area contributed by atoms with Crippen LogP contribution >= 0.6 is 0 Å². The molecule has 4 atom stereocenters. The lowest BCUT2D eigenvalue weighted by atomic mass is 10.1. The van der Waals surface area contributed by atoms with Crippen LogP contribution in [-0.4, -0.2) is 43.3 Å². The Morgan fingerprint density at radius 3 is 3.00 bits per heavy atom. The number of likely N-dealkylation sites (N-methyl/N-ethyl adjacent to an activating group) is 1. The predicted octanol–water partition coefficient (Wildman–Crippen LogP) is -0.0535. The van der Waals surface area contributed by atoms with Gasteiger partial charge in [-0.3, -0.25) is 4.90 Å². The first-order chi connectivity index (χ1) is 6.74. The lowest BCUT2D eigenvalue weighted by Gasteiger charge is -2.29. The topological polar surface area (TPSA) is 62.3 Å². The van der Waals surface area contributed by atoms with Crippen LogP contribution in [0.2, 0.25) is 0 Å². The summed E-state index contributed by atoms with van der Waals surface area (Å²) in [5.74, 6) is 0.595. The van der Waals surface area contributed by atoms with Crippen molar-refractivity contribution in [1.29, 1.82) is 5.26 Å². The molecule has 1 heterocycles. The molecule has 78 valence electrons. The summed E-state index contributed by atoms with van der Waals surface area (Å²) in [4.78, 5) is 2.29. The van der Waals surface area contributed by atoms with Gasteiger partial charge in [-0.1, -0.05) is 0 Å². The first-order valence-electron chi connectivity index (χ1n) is 5.18. The van der Waals surface area contributed by atoms with Gasteiger partial charge in [-0.25, -0.2) is 0 Å². The minimum absolute atomic E-state index is 0.252. The molecule has 1 aliphatic carbocycles. The largest absolute Gasteiger partial charge is 0.375 e. The average molecular weight is 195 g/mol. The fraction of sp³-hybridized carbons (Fsp3) is 0.900. The van der Waals surface area contributed by atoms with Crippen molar-refractivity contribution in [3.05, 3.63) is 0 Å². The normalized spacial score (nSPS) is 41.5. The molecule has 2 fully saturated rings. The number of nitrogens with two attached hydrogens (primary N) is 1. The third-order valence-electron chi connectivity index (χ3n) is 3.43. The molecule has 2 rings (SSSR count). The van der Waals surface area contributed by atoms with Crippen LogP contribution in [0.3, 0.4) is 0 Å². The molecule has 14 heavy (non-hydrogen) atoms. The molecule has 0 amide bonds. The Morgan fingerprint density at radius 1 is 1.64 bits per heavy atom. The smallest absolute Gasteiger partial charge is 0.0749 e. The molecular formula is C10H17N3O. The van der Waals surface area contributed by atoms with Crippen LogP contribution in [0.25, 0.3) is 0 Å². The van der Waals surface area contributed by atoms with E-state index in [1.54, 1.807) is 0 Å². The molecule has 4 nitrogen and oxygen atoms in total. The molecule has 0 aromatic carbocycles. The number of hydrogen-bond donors (Lipinski definition) is 1. The van der Waals surface area contributed by atoms with E-state index in [9.17, 15) is 0 Å². The van der Waals surface area contributed by atoms with Crippen molar-refractivity contribution >= 4 is 0 Å². The first kappa shape index (κ1) is 9.91. The van der Waals surface area contributed by atoms with Gasteiger partial charge in [0.25, 0.3) is 0 Å². The van der Waals surface area contributed by atoms with Crippen LogP contribution in [0, 0.1) is 17.2 Å². The fourth-order valence-corrected chi connectivity index (χ4v) is 2.81. The highest BCUT2D eigenvalue weighted by atomic mass is 16.5. The standard InChI is InChI=1S/C10H17N3O/c1-13-6-7-5-8(10(13)9(7)12)14-4-2-3-11/h7-10H,2,4-6,12H2,1H3. The van der Waals surface area contributed by atoms with Crippen molar-refractivity contribution in [3.63, 3.8) is 0 Å². The summed E-state index contributed by atoms with van der Waals surface area (Å²) in [6, 6.07) is 2.73. The fourth-order valence-electron chi connectivity index (χ4n) is 2.81. The molecule has 0 radical (unpaired) electrons. The molecule has 2 aliphatic rings. The van der Waals surface area contributed by atoms with E-state index < -0.39 is 0 Å². The molecule has 1 saturated carbocycles. The Balaban J connectivity index is 1.88. The van der Waals surface area contributed by atoms with Crippen LogP contribution in [0.4, 0.5) is 0 Å². The van der Waals surface area contributed by atoms with Crippen molar-refractivity contribution in [2.75, 3.05) is 20.2 Å². The highest BCUT2D eigenvalue weighted by Crippen LogP contribution is 2.37. The maximum atomic E-state index is 8.41. The van der Waals surface area contributed by atoms with Gasteiger partial charge in [-0.15, -0.1) is 0 Å². The van der Waals surface area contributed by atoms with Gasteiger partial charge in [-0.2, -0.15) is 5.26 Å². The zero-order chi connectivity index (χ0) is 10.1. The third kappa shape index (κ3) is 1.52. The van der Waals surface area contributed by atoms with E-state index in [4.69, 9.17) is 15.7 Å². The van der Waals surface area contributed by atoms with Gasteiger partial charge < -0.3 is 10.5 Å². The van der Waals surface area contributed by atoms with Gasteiger partial charge in [0.2, 0.25) is 0 Å². The number of ether oxygens (including phenoxy) is 1. The Labute approximate surface area is 84.6 Å². The second kappa shape index (κ2) is 3.85. The van der Waals surface area contributed by atoms with Crippen molar-refractivity contribution in [1.82, 2.24) is 4.90 Å². The maximum absolute atomic E-state index is 8.41. The second-order valence-corrected chi connectivity index (χ2v) is 4.32. The summed E-state index contributed by atoms with van der Waals surface area (Å²) in [5.41, 5.74) is 6.08. The van der Waals surface area contributed by atoms with Crippen LogP contribution < -0.4 is 5.73 Å². The summed E-state index contributed by atoms with van der Waals surface area (Å²) >= 11 is 0. The highest BCUT2D eigenvalue weighted by Gasteiger charge is 2.49. The molecule has 0 aromatic heterocycles. The number of likely N-dealkylation sites (tertiary alicyclic amines) is 1. The second-order valence-electron chi connectivity index (χ2n) is 4.32. The lowest BCUT2D eigenvalue weighted by molar-refractivity contribution is -0.00146. The van der Waals surface area contributed by atoms with E-state index >= 15 is 0 Å².